The molecule has 78 valence electrons. The van der Waals surface area contributed by atoms with Crippen LogP contribution >= 0.6 is 11.6 Å². The maximum absolute atomic E-state index is 6.11. The molecule has 0 unspecified atom stereocenters. The maximum Gasteiger partial charge on any atom is 0.140 e. The van der Waals surface area contributed by atoms with Gasteiger partial charge in [0, 0.05) is 5.39 Å². The van der Waals surface area contributed by atoms with Crippen molar-refractivity contribution in [3.63, 3.8) is 0 Å². The van der Waals surface area contributed by atoms with Gasteiger partial charge in [-0.2, -0.15) is 0 Å². The van der Waals surface area contributed by atoms with Crippen molar-refractivity contribution >= 4 is 22.5 Å². The molecule has 0 fully saturated rings. The Hall–Kier alpha value is -1.15. The Morgan fingerprint density at radius 3 is 2.33 bits per heavy atom. The maximum atomic E-state index is 6.11. The first kappa shape index (κ1) is 10.4. The lowest BCUT2D eigenvalue weighted by Crippen LogP contribution is -1.96. The third kappa shape index (κ3) is 1.59. The third-order valence-electron chi connectivity index (χ3n) is 2.88. The summed E-state index contributed by atoms with van der Waals surface area (Å²) in [4.78, 5) is 8.61. The van der Waals surface area contributed by atoms with Gasteiger partial charge in [-0.25, -0.2) is 9.97 Å². The molecule has 2 nitrogen and oxygen atoms in total. The number of aryl methyl sites for hydroxylation is 3. The summed E-state index contributed by atoms with van der Waals surface area (Å²) < 4.78 is 0. The second kappa shape index (κ2) is 3.46. The number of hydrogen-bond donors (Lipinski definition) is 0. The Bertz CT molecular complexity index is 547. The molecular formula is C12H13ClN2. The summed E-state index contributed by atoms with van der Waals surface area (Å²) in [5.74, 6) is 0.721. The lowest BCUT2D eigenvalue weighted by atomic mass is 10.0. The lowest BCUT2D eigenvalue weighted by Gasteiger charge is -2.09. The van der Waals surface area contributed by atoms with Gasteiger partial charge < -0.3 is 0 Å². The molecule has 0 aliphatic carbocycles. The van der Waals surface area contributed by atoms with Crippen LogP contribution in [0.25, 0.3) is 10.9 Å². The number of nitrogens with zero attached hydrogens (tertiary/aromatic N) is 2. The lowest BCUT2D eigenvalue weighted by molar-refractivity contribution is 1.08. The molecule has 0 saturated heterocycles. The molecule has 0 aliphatic heterocycles. The molecule has 0 amide bonds. The summed E-state index contributed by atoms with van der Waals surface area (Å²) in [5, 5.41) is 1.49. The van der Waals surface area contributed by atoms with Gasteiger partial charge in [-0.15, -0.1) is 0 Å². The van der Waals surface area contributed by atoms with Gasteiger partial charge in [-0.3, -0.25) is 0 Å². The number of hydrogen-bond acceptors (Lipinski definition) is 2. The smallest absolute Gasteiger partial charge is 0.140 e. The fourth-order valence-electron chi connectivity index (χ4n) is 1.76. The monoisotopic (exact) mass is 220 g/mol. The fourth-order valence-corrected chi connectivity index (χ4v) is 2.03. The molecule has 0 bridgehead atoms. The number of fused-ring (bicyclic) bond motifs is 1. The molecule has 0 atom stereocenters. The standard InChI is InChI=1S/C12H13ClN2/c1-6-5-10-11(8(3)7(6)2)14-9(4)15-12(10)13/h5H,1-4H3. The van der Waals surface area contributed by atoms with Crippen LogP contribution in [0.15, 0.2) is 6.07 Å². The molecule has 0 radical (unpaired) electrons. The summed E-state index contributed by atoms with van der Waals surface area (Å²) in [5.41, 5.74) is 4.67. The molecule has 2 aromatic rings. The first-order valence-corrected chi connectivity index (χ1v) is 5.29. The zero-order valence-corrected chi connectivity index (χ0v) is 10.1. The average molecular weight is 221 g/mol. The fraction of sp³-hybridized carbons (Fsp3) is 0.333. The summed E-state index contributed by atoms with van der Waals surface area (Å²) in [6.45, 7) is 8.13. The van der Waals surface area contributed by atoms with Gasteiger partial charge >= 0.3 is 0 Å². The van der Waals surface area contributed by atoms with Gasteiger partial charge in [0.1, 0.15) is 11.0 Å². The zero-order valence-electron chi connectivity index (χ0n) is 9.35. The summed E-state index contributed by atoms with van der Waals surface area (Å²) in [6.07, 6.45) is 0. The molecule has 3 heteroatoms. The van der Waals surface area contributed by atoms with Crippen molar-refractivity contribution in [1.29, 1.82) is 0 Å². The predicted molar refractivity (Wildman–Crippen MR) is 63.5 cm³/mol. The number of aromatic nitrogens is 2. The van der Waals surface area contributed by atoms with E-state index in [2.05, 4.69) is 36.8 Å². The van der Waals surface area contributed by atoms with Crippen LogP contribution in [0.1, 0.15) is 22.5 Å². The highest BCUT2D eigenvalue weighted by Crippen LogP contribution is 2.27. The van der Waals surface area contributed by atoms with Crippen LogP contribution in [0.4, 0.5) is 0 Å². The van der Waals surface area contributed by atoms with Crippen LogP contribution < -0.4 is 0 Å². The van der Waals surface area contributed by atoms with E-state index in [4.69, 9.17) is 11.6 Å². The normalized spacial score (nSPS) is 11.0. The Morgan fingerprint density at radius 2 is 1.67 bits per heavy atom. The minimum absolute atomic E-state index is 0.545. The Labute approximate surface area is 94.3 Å². The summed E-state index contributed by atoms with van der Waals surface area (Å²) in [7, 11) is 0. The van der Waals surface area contributed by atoms with Crippen molar-refractivity contribution in [2.24, 2.45) is 0 Å². The minimum Gasteiger partial charge on any atom is -0.233 e. The van der Waals surface area contributed by atoms with Crippen molar-refractivity contribution in [3.05, 3.63) is 33.7 Å². The third-order valence-corrected chi connectivity index (χ3v) is 3.17. The highest BCUT2D eigenvalue weighted by Gasteiger charge is 2.09. The average Bonchev–Trinajstić information content (AvgIpc) is 2.17. The van der Waals surface area contributed by atoms with Crippen LogP contribution in [-0.2, 0) is 0 Å². The van der Waals surface area contributed by atoms with Gasteiger partial charge in [-0.1, -0.05) is 11.6 Å². The molecule has 0 N–H and O–H groups in total. The highest BCUT2D eigenvalue weighted by molar-refractivity contribution is 6.34. The van der Waals surface area contributed by atoms with Crippen LogP contribution in [0, 0.1) is 27.7 Å². The second-order valence-corrected chi connectivity index (χ2v) is 4.26. The van der Waals surface area contributed by atoms with Crippen molar-refractivity contribution in [2.45, 2.75) is 27.7 Å². The molecule has 0 spiro atoms. The summed E-state index contributed by atoms with van der Waals surface area (Å²) in [6, 6.07) is 2.05. The van der Waals surface area contributed by atoms with Gasteiger partial charge in [0.2, 0.25) is 0 Å². The van der Waals surface area contributed by atoms with Crippen molar-refractivity contribution < 1.29 is 0 Å². The van der Waals surface area contributed by atoms with E-state index in [1.807, 2.05) is 6.92 Å². The van der Waals surface area contributed by atoms with E-state index in [1.165, 1.54) is 16.7 Å². The van der Waals surface area contributed by atoms with E-state index in [1.54, 1.807) is 0 Å². The molecule has 2 rings (SSSR count). The van der Waals surface area contributed by atoms with Gasteiger partial charge in [0.15, 0.2) is 0 Å². The SMILES string of the molecule is Cc1nc(Cl)c2cc(C)c(C)c(C)c2n1. The molecule has 1 aromatic carbocycles. The van der Waals surface area contributed by atoms with Crippen LogP contribution in [0.5, 0.6) is 0 Å². The van der Waals surface area contributed by atoms with Crippen LogP contribution in [0.2, 0.25) is 5.15 Å². The second-order valence-electron chi connectivity index (χ2n) is 3.90. The van der Waals surface area contributed by atoms with E-state index >= 15 is 0 Å². The highest BCUT2D eigenvalue weighted by atomic mass is 35.5. The van der Waals surface area contributed by atoms with Gasteiger partial charge in [0.25, 0.3) is 0 Å². The molecule has 0 saturated carbocycles. The van der Waals surface area contributed by atoms with Gasteiger partial charge in [0.05, 0.1) is 5.52 Å². The minimum atomic E-state index is 0.545. The molecule has 1 heterocycles. The number of benzene rings is 1. The molecule has 0 aliphatic rings. The van der Waals surface area contributed by atoms with E-state index in [0.29, 0.717) is 5.15 Å². The van der Waals surface area contributed by atoms with Crippen molar-refractivity contribution in [3.8, 4) is 0 Å². The van der Waals surface area contributed by atoms with E-state index in [-0.39, 0.29) is 0 Å². The first-order valence-electron chi connectivity index (χ1n) is 4.91. The topological polar surface area (TPSA) is 25.8 Å². The number of rotatable bonds is 0. The zero-order chi connectivity index (χ0) is 11.2. The van der Waals surface area contributed by atoms with Crippen molar-refractivity contribution in [2.75, 3.05) is 0 Å². The molecule has 15 heavy (non-hydrogen) atoms. The largest absolute Gasteiger partial charge is 0.233 e. The summed E-state index contributed by atoms with van der Waals surface area (Å²) >= 11 is 6.11. The number of halogens is 1. The van der Waals surface area contributed by atoms with E-state index in [0.717, 1.165) is 16.7 Å². The Morgan fingerprint density at radius 1 is 1.00 bits per heavy atom. The van der Waals surface area contributed by atoms with E-state index < -0.39 is 0 Å². The van der Waals surface area contributed by atoms with E-state index in [9.17, 15) is 0 Å². The van der Waals surface area contributed by atoms with Crippen LogP contribution in [0.3, 0.4) is 0 Å². The molecular weight excluding hydrogens is 208 g/mol. The molecule has 1 aromatic heterocycles. The predicted octanol–water partition coefficient (Wildman–Crippen LogP) is 3.52. The Balaban J connectivity index is 2.98. The quantitative estimate of drug-likeness (QED) is 0.635. The van der Waals surface area contributed by atoms with Crippen molar-refractivity contribution in [1.82, 2.24) is 9.97 Å². The van der Waals surface area contributed by atoms with Gasteiger partial charge in [-0.05, 0) is 50.5 Å². The first-order chi connectivity index (χ1) is 7.00. The van der Waals surface area contributed by atoms with Crippen LogP contribution in [-0.4, -0.2) is 9.97 Å². The Kier molecular flexibility index (Phi) is 2.39.